The van der Waals surface area contributed by atoms with Gasteiger partial charge in [0.15, 0.2) is 12.2 Å². The van der Waals surface area contributed by atoms with Crippen LogP contribution in [0.5, 0.6) is 5.75 Å². The van der Waals surface area contributed by atoms with Gasteiger partial charge in [0.05, 0.1) is 6.61 Å². The molecule has 0 aromatic heterocycles. The van der Waals surface area contributed by atoms with Crippen LogP contribution >= 0.6 is 15.9 Å². The van der Waals surface area contributed by atoms with Crippen LogP contribution in [-0.4, -0.2) is 44.3 Å². The zero-order valence-electron chi connectivity index (χ0n) is 12.8. The Labute approximate surface area is 138 Å². The average molecular weight is 374 g/mol. The maximum Gasteiger partial charge on any atom is 0.347 e. The van der Waals surface area contributed by atoms with E-state index in [9.17, 15) is 9.59 Å². The van der Waals surface area contributed by atoms with Crippen LogP contribution in [0.3, 0.4) is 0 Å². The molecule has 0 aliphatic heterocycles. The van der Waals surface area contributed by atoms with Crippen molar-refractivity contribution in [2.75, 3.05) is 20.3 Å². The van der Waals surface area contributed by atoms with Crippen molar-refractivity contribution in [3.8, 4) is 5.75 Å². The summed E-state index contributed by atoms with van der Waals surface area (Å²) in [5, 5.41) is 2.60. The van der Waals surface area contributed by atoms with Gasteiger partial charge in [-0.1, -0.05) is 15.9 Å². The minimum absolute atomic E-state index is 0.363. The topological polar surface area (TPSA) is 73.9 Å². The van der Waals surface area contributed by atoms with E-state index in [1.807, 2.05) is 0 Å². The highest BCUT2D eigenvalue weighted by atomic mass is 79.9. The molecule has 1 aromatic carbocycles. The number of nitrogens with one attached hydrogen (secondary N) is 1. The molecule has 0 heterocycles. The minimum atomic E-state index is -0.889. The molecule has 0 saturated carbocycles. The van der Waals surface area contributed by atoms with Gasteiger partial charge in [-0.25, -0.2) is 4.79 Å². The second kappa shape index (κ2) is 9.42. The zero-order valence-corrected chi connectivity index (χ0v) is 14.4. The van der Waals surface area contributed by atoms with Crippen molar-refractivity contribution in [3.63, 3.8) is 0 Å². The minimum Gasteiger partial charge on any atom is -0.479 e. The van der Waals surface area contributed by atoms with Gasteiger partial charge >= 0.3 is 5.97 Å². The molecule has 6 nitrogen and oxygen atoms in total. The van der Waals surface area contributed by atoms with E-state index in [0.29, 0.717) is 18.9 Å². The van der Waals surface area contributed by atoms with Crippen LogP contribution in [0.1, 0.15) is 13.8 Å². The maximum absolute atomic E-state index is 11.9. The lowest BCUT2D eigenvalue weighted by Gasteiger charge is -2.17. The van der Waals surface area contributed by atoms with Crippen LogP contribution in [0.25, 0.3) is 0 Å². The van der Waals surface area contributed by atoms with Crippen molar-refractivity contribution in [2.45, 2.75) is 26.1 Å². The molecule has 7 heteroatoms. The number of methoxy groups -OCH3 is 1. The second-order valence-electron chi connectivity index (χ2n) is 4.58. The highest BCUT2D eigenvalue weighted by Crippen LogP contribution is 2.17. The summed E-state index contributed by atoms with van der Waals surface area (Å²) in [5.74, 6) is -0.427. The summed E-state index contributed by atoms with van der Waals surface area (Å²) in [6.45, 7) is 3.84. The monoisotopic (exact) mass is 373 g/mol. The van der Waals surface area contributed by atoms with E-state index in [-0.39, 0.29) is 5.91 Å². The smallest absolute Gasteiger partial charge is 0.347 e. The maximum atomic E-state index is 11.9. The van der Waals surface area contributed by atoms with Gasteiger partial charge in [0.2, 0.25) is 0 Å². The molecular weight excluding hydrogens is 354 g/mol. The van der Waals surface area contributed by atoms with E-state index in [2.05, 4.69) is 21.2 Å². The molecule has 0 aliphatic carbocycles. The van der Waals surface area contributed by atoms with E-state index in [1.165, 1.54) is 14.0 Å². The number of amides is 1. The van der Waals surface area contributed by atoms with Crippen molar-refractivity contribution in [3.05, 3.63) is 28.7 Å². The van der Waals surface area contributed by atoms with E-state index in [4.69, 9.17) is 14.2 Å². The van der Waals surface area contributed by atoms with Gasteiger partial charge in [-0.3, -0.25) is 4.79 Å². The lowest BCUT2D eigenvalue weighted by Crippen LogP contribution is -2.39. The van der Waals surface area contributed by atoms with E-state index in [0.717, 1.165) is 4.47 Å². The van der Waals surface area contributed by atoms with Crippen molar-refractivity contribution in [2.24, 2.45) is 0 Å². The predicted molar refractivity (Wildman–Crippen MR) is 84.7 cm³/mol. The molecule has 1 rings (SSSR count). The van der Waals surface area contributed by atoms with Crippen molar-refractivity contribution >= 4 is 27.8 Å². The molecule has 2 atom stereocenters. The third kappa shape index (κ3) is 6.44. The van der Waals surface area contributed by atoms with E-state index in [1.54, 1.807) is 31.2 Å². The lowest BCUT2D eigenvalue weighted by molar-refractivity contribution is -0.160. The number of rotatable bonds is 8. The summed E-state index contributed by atoms with van der Waals surface area (Å²) >= 11 is 3.31. The molecule has 22 heavy (non-hydrogen) atoms. The van der Waals surface area contributed by atoms with Gasteiger partial charge in [0, 0.05) is 18.1 Å². The van der Waals surface area contributed by atoms with E-state index < -0.39 is 18.2 Å². The van der Waals surface area contributed by atoms with Crippen LogP contribution < -0.4 is 10.1 Å². The Morgan fingerprint density at radius 2 is 1.82 bits per heavy atom. The number of benzene rings is 1. The van der Waals surface area contributed by atoms with Gasteiger partial charge in [-0.2, -0.15) is 0 Å². The largest absolute Gasteiger partial charge is 0.479 e. The predicted octanol–water partition coefficient (Wildman–Crippen LogP) is 1.91. The Bertz CT molecular complexity index is 491. The Hall–Kier alpha value is -1.60. The molecule has 0 fully saturated rings. The fourth-order valence-corrected chi connectivity index (χ4v) is 1.77. The zero-order chi connectivity index (χ0) is 16.5. The first-order valence-electron chi connectivity index (χ1n) is 6.83. The number of hydrogen-bond donors (Lipinski definition) is 1. The summed E-state index contributed by atoms with van der Waals surface area (Å²) in [5.41, 5.74) is 0. The molecule has 0 saturated heterocycles. The van der Waals surface area contributed by atoms with Gasteiger partial charge in [0.25, 0.3) is 5.91 Å². The first-order chi connectivity index (χ1) is 10.4. The highest BCUT2D eigenvalue weighted by Gasteiger charge is 2.22. The first-order valence-corrected chi connectivity index (χ1v) is 7.62. The van der Waals surface area contributed by atoms with Crippen molar-refractivity contribution in [1.29, 1.82) is 0 Å². The van der Waals surface area contributed by atoms with Gasteiger partial charge < -0.3 is 19.5 Å². The molecule has 0 spiro atoms. The Morgan fingerprint density at radius 3 is 2.41 bits per heavy atom. The van der Waals surface area contributed by atoms with Gasteiger partial charge in [0.1, 0.15) is 5.75 Å². The summed E-state index contributed by atoms with van der Waals surface area (Å²) in [6, 6.07) is 7.07. The molecule has 0 bridgehead atoms. The molecule has 1 N–H and O–H groups in total. The van der Waals surface area contributed by atoms with Crippen molar-refractivity contribution in [1.82, 2.24) is 5.32 Å². The molecule has 0 unspecified atom stereocenters. The van der Waals surface area contributed by atoms with Crippen LogP contribution in [0.2, 0.25) is 0 Å². The normalized spacial score (nSPS) is 13.1. The summed E-state index contributed by atoms with van der Waals surface area (Å²) < 4.78 is 16.3. The standard InChI is InChI=1S/C15H20BrNO5/c1-10(14(18)17-8-9-20-3)22-15(19)11(2)21-13-6-4-12(16)5-7-13/h4-7,10-11H,8-9H2,1-3H3,(H,17,18)/t10-,11+/m1/s1. The van der Waals surface area contributed by atoms with Gasteiger partial charge in [-0.15, -0.1) is 0 Å². The van der Waals surface area contributed by atoms with Crippen LogP contribution in [0.15, 0.2) is 28.7 Å². The summed E-state index contributed by atoms with van der Waals surface area (Å²) in [4.78, 5) is 23.6. The number of carbonyl (C=O) groups is 2. The second-order valence-corrected chi connectivity index (χ2v) is 5.49. The Morgan fingerprint density at radius 1 is 1.18 bits per heavy atom. The number of carbonyl (C=O) groups excluding carboxylic acids is 2. The quantitative estimate of drug-likeness (QED) is 0.556. The molecular formula is C15H20BrNO5. The van der Waals surface area contributed by atoms with Crippen molar-refractivity contribution < 1.29 is 23.8 Å². The summed E-state index contributed by atoms with van der Waals surface area (Å²) in [6.07, 6.45) is -1.70. The Kier molecular flexibility index (Phi) is 7.90. The number of hydrogen-bond acceptors (Lipinski definition) is 5. The average Bonchev–Trinajstić information content (AvgIpc) is 2.49. The third-order valence-corrected chi connectivity index (χ3v) is 3.25. The SMILES string of the molecule is COCCNC(=O)[C@@H](C)OC(=O)[C@H](C)Oc1ccc(Br)cc1. The third-order valence-electron chi connectivity index (χ3n) is 2.73. The number of ether oxygens (including phenoxy) is 3. The first kappa shape index (κ1) is 18.4. The lowest BCUT2D eigenvalue weighted by atomic mass is 10.3. The van der Waals surface area contributed by atoms with E-state index >= 15 is 0 Å². The van der Waals surface area contributed by atoms with Crippen LogP contribution in [0.4, 0.5) is 0 Å². The number of halogens is 1. The fraction of sp³-hybridized carbons (Fsp3) is 0.467. The van der Waals surface area contributed by atoms with Crippen LogP contribution in [0, 0.1) is 0 Å². The Balaban J connectivity index is 2.42. The van der Waals surface area contributed by atoms with Gasteiger partial charge in [-0.05, 0) is 38.1 Å². The molecule has 0 radical (unpaired) electrons. The summed E-state index contributed by atoms with van der Waals surface area (Å²) in [7, 11) is 1.54. The number of esters is 1. The van der Waals surface area contributed by atoms with Crippen LogP contribution in [-0.2, 0) is 19.1 Å². The fourth-order valence-electron chi connectivity index (χ4n) is 1.51. The molecule has 1 aromatic rings. The highest BCUT2D eigenvalue weighted by molar-refractivity contribution is 9.10. The molecule has 122 valence electrons. The molecule has 1 amide bonds. The molecule has 0 aliphatic rings.